The summed E-state index contributed by atoms with van der Waals surface area (Å²) in [5.74, 6) is -1.83. The minimum Gasteiger partial charge on any atom is -0.481 e. The van der Waals surface area contributed by atoms with Gasteiger partial charge in [0, 0.05) is 30.8 Å². The smallest absolute Gasteiger partial charge is 0.418 e. The van der Waals surface area contributed by atoms with E-state index < -0.39 is 36.0 Å². The van der Waals surface area contributed by atoms with Crippen LogP contribution in [0.25, 0.3) is 0 Å². The van der Waals surface area contributed by atoms with Crippen LogP contribution < -0.4 is 4.90 Å². The van der Waals surface area contributed by atoms with Gasteiger partial charge < -0.3 is 15.1 Å². The van der Waals surface area contributed by atoms with Crippen molar-refractivity contribution in [3.05, 3.63) is 29.3 Å². The van der Waals surface area contributed by atoms with Crippen molar-refractivity contribution >= 4 is 17.4 Å². The molecule has 0 aromatic heterocycles. The van der Waals surface area contributed by atoms with E-state index in [9.17, 15) is 27.9 Å². The van der Waals surface area contributed by atoms with Crippen LogP contribution in [0.3, 0.4) is 0 Å². The van der Waals surface area contributed by atoms with Crippen LogP contribution in [-0.2, 0) is 11.0 Å². The first-order valence-corrected chi connectivity index (χ1v) is 6.57. The van der Waals surface area contributed by atoms with Crippen molar-refractivity contribution in [1.29, 1.82) is 0 Å². The lowest BCUT2D eigenvalue weighted by Gasteiger charge is -2.39. The average molecular weight is 317 g/mol. The van der Waals surface area contributed by atoms with Gasteiger partial charge in [0.1, 0.15) is 0 Å². The largest absolute Gasteiger partial charge is 0.481 e. The van der Waals surface area contributed by atoms with Crippen molar-refractivity contribution in [3.63, 3.8) is 0 Å². The van der Waals surface area contributed by atoms with Crippen LogP contribution in [0.1, 0.15) is 28.8 Å². The van der Waals surface area contributed by atoms with Gasteiger partial charge in [0.25, 0.3) is 0 Å². The molecule has 1 heterocycles. The molecular weight excluding hydrogens is 303 g/mol. The van der Waals surface area contributed by atoms with Crippen molar-refractivity contribution in [1.82, 2.24) is 0 Å². The zero-order valence-electron chi connectivity index (χ0n) is 11.4. The zero-order valence-corrected chi connectivity index (χ0v) is 11.4. The van der Waals surface area contributed by atoms with E-state index in [2.05, 4.69) is 0 Å². The van der Waals surface area contributed by atoms with Gasteiger partial charge in [0.05, 0.1) is 18.1 Å². The molecule has 0 unspecified atom stereocenters. The second-order valence-electron chi connectivity index (χ2n) is 5.11. The molecule has 5 nitrogen and oxygen atoms in total. The van der Waals surface area contributed by atoms with E-state index in [-0.39, 0.29) is 30.8 Å². The molecule has 2 N–H and O–H groups in total. The lowest BCUT2D eigenvalue weighted by Crippen LogP contribution is -2.51. The number of carboxylic acids is 1. The Balaban J connectivity index is 2.27. The number of carboxylic acid groups (broad SMARTS) is 1. The van der Waals surface area contributed by atoms with Gasteiger partial charge in [-0.1, -0.05) is 0 Å². The number of alkyl halides is 3. The van der Waals surface area contributed by atoms with Crippen LogP contribution in [0.15, 0.2) is 18.2 Å². The molecule has 1 aromatic carbocycles. The average Bonchev–Trinajstić information content (AvgIpc) is 2.39. The topological polar surface area (TPSA) is 77.8 Å². The molecule has 0 amide bonds. The maximum Gasteiger partial charge on any atom is 0.418 e. The SMILES string of the molecule is O=C(O)CCC(=O)c1ccc(N2CC(O)C2)c(C(F)(F)F)c1. The number of nitrogens with zero attached hydrogens (tertiary/aromatic N) is 1. The molecule has 1 aliphatic heterocycles. The van der Waals surface area contributed by atoms with Crippen LogP contribution in [0.2, 0.25) is 0 Å². The Labute approximate surface area is 124 Å². The zero-order chi connectivity index (χ0) is 16.5. The van der Waals surface area contributed by atoms with Crippen molar-refractivity contribution in [2.75, 3.05) is 18.0 Å². The number of ketones is 1. The molecule has 0 saturated carbocycles. The Bertz CT molecular complexity index is 594. The number of carbonyl (C=O) groups excluding carboxylic acids is 1. The summed E-state index contributed by atoms with van der Waals surface area (Å²) in [6.07, 6.45) is -6.08. The molecular formula is C14H14F3NO4. The standard InChI is InChI=1S/C14H14F3NO4/c15-14(16,17)10-5-8(12(20)3-4-13(21)22)1-2-11(10)18-6-9(19)7-18/h1-2,5,9,19H,3-4,6-7H2,(H,21,22). The molecule has 8 heteroatoms. The molecule has 0 atom stereocenters. The molecule has 2 rings (SSSR count). The van der Waals surface area contributed by atoms with Crippen LogP contribution in [0.5, 0.6) is 0 Å². The molecule has 0 bridgehead atoms. The fraction of sp³-hybridized carbons (Fsp3) is 0.429. The van der Waals surface area contributed by atoms with E-state index in [1.807, 2.05) is 0 Å². The molecule has 0 aliphatic carbocycles. The monoisotopic (exact) mass is 317 g/mol. The van der Waals surface area contributed by atoms with Crippen molar-refractivity contribution in [2.45, 2.75) is 25.1 Å². The summed E-state index contributed by atoms with van der Waals surface area (Å²) < 4.78 is 39.4. The number of anilines is 1. The Morgan fingerprint density at radius 3 is 2.36 bits per heavy atom. The van der Waals surface area contributed by atoms with E-state index in [0.29, 0.717) is 0 Å². The minimum atomic E-state index is -4.64. The summed E-state index contributed by atoms with van der Waals surface area (Å²) in [5, 5.41) is 17.7. The van der Waals surface area contributed by atoms with E-state index >= 15 is 0 Å². The Morgan fingerprint density at radius 1 is 1.23 bits per heavy atom. The molecule has 1 saturated heterocycles. The van der Waals surface area contributed by atoms with Gasteiger partial charge in [-0.15, -0.1) is 0 Å². The van der Waals surface area contributed by atoms with Gasteiger partial charge in [-0.2, -0.15) is 13.2 Å². The molecule has 22 heavy (non-hydrogen) atoms. The van der Waals surface area contributed by atoms with Crippen LogP contribution in [0, 0.1) is 0 Å². The fourth-order valence-corrected chi connectivity index (χ4v) is 2.23. The molecule has 120 valence electrons. The maximum absolute atomic E-state index is 13.1. The van der Waals surface area contributed by atoms with Gasteiger partial charge in [0.2, 0.25) is 0 Å². The molecule has 1 fully saturated rings. The predicted octanol–water partition coefficient (Wildman–Crippen LogP) is 1.93. The number of Topliss-reactive ketones (excluding diaryl/α,β-unsaturated/α-hetero) is 1. The number of aliphatic hydroxyl groups is 1. The Morgan fingerprint density at radius 2 is 1.86 bits per heavy atom. The van der Waals surface area contributed by atoms with E-state index in [1.165, 1.54) is 17.0 Å². The van der Waals surface area contributed by atoms with Gasteiger partial charge in [-0.3, -0.25) is 9.59 Å². The molecule has 0 spiro atoms. The number of carbonyl (C=O) groups is 2. The Kier molecular flexibility index (Phi) is 4.41. The highest BCUT2D eigenvalue weighted by atomic mass is 19.4. The van der Waals surface area contributed by atoms with Gasteiger partial charge >= 0.3 is 12.1 Å². The summed E-state index contributed by atoms with van der Waals surface area (Å²) in [6, 6.07) is 3.17. The molecule has 0 radical (unpaired) electrons. The first kappa shape index (κ1) is 16.3. The lowest BCUT2D eigenvalue weighted by molar-refractivity contribution is -0.138. The number of rotatable bonds is 5. The fourth-order valence-electron chi connectivity index (χ4n) is 2.23. The van der Waals surface area contributed by atoms with Crippen LogP contribution >= 0.6 is 0 Å². The quantitative estimate of drug-likeness (QED) is 0.812. The van der Waals surface area contributed by atoms with Crippen LogP contribution in [-0.4, -0.2) is 41.2 Å². The number of aliphatic hydroxyl groups excluding tert-OH is 1. The van der Waals surface area contributed by atoms with Crippen molar-refractivity contribution < 1.29 is 33.0 Å². The van der Waals surface area contributed by atoms with Gasteiger partial charge in [-0.05, 0) is 18.2 Å². The molecule has 1 aliphatic rings. The number of aliphatic carboxylic acids is 1. The van der Waals surface area contributed by atoms with Crippen LogP contribution in [0.4, 0.5) is 18.9 Å². The number of hydrogen-bond donors (Lipinski definition) is 2. The summed E-state index contributed by atoms with van der Waals surface area (Å²) in [6.45, 7) is 0.213. The van der Waals surface area contributed by atoms with E-state index in [1.54, 1.807) is 0 Å². The summed E-state index contributed by atoms with van der Waals surface area (Å²) in [5.41, 5.74) is -1.22. The van der Waals surface area contributed by atoms with Gasteiger partial charge in [0.15, 0.2) is 5.78 Å². The van der Waals surface area contributed by atoms with E-state index in [0.717, 1.165) is 6.07 Å². The second kappa shape index (κ2) is 5.96. The summed E-state index contributed by atoms with van der Waals surface area (Å²) in [4.78, 5) is 23.6. The highest BCUT2D eigenvalue weighted by Crippen LogP contribution is 2.38. The molecule has 1 aromatic rings. The highest BCUT2D eigenvalue weighted by molar-refractivity contribution is 5.98. The summed E-state index contributed by atoms with van der Waals surface area (Å²) >= 11 is 0. The third-order valence-electron chi connectivity index (χ3n) is 3.39. The Hall–Kier alpha value is -2.09. The minimum absolute atomic E-state index is 0.0902. The lowest BCUT2D eigenvalue weighted by atomic mass is 10.00. The third kappa shape index (κ3) is 3.56. The number of hydrogen-bond acceptors (Lipinski definition) is 4. The summed E-state index contributed by atoms with van der Waals surface area (Å²) in [7, 11) is 0. The highest BCUT2D eigenvalue weighted by Gasteiger charge is 2.38. The first-order valence-electron chi connectivity index (χ1n) is 6.57. The number of β-amino-alcohol motifs (C(OH)–C–C–N with tert-alkyl or cyclic N) is 1. The van der Waals surface area contributed by atoms with Crippen molar-refractivity contribution in [3.8, 4) is 0 Å². The predicted molar refractivity (Wildman–Crippen MR) is 70.9 cm³/mol. The first-order chi connectivity index (χ1) is 10.2. The second-order valence-corrected chi connectivity index (χ2v) is 5.11. The maximum atomic E-state index is 13.1. The normalized spacial score (nSPS) is 15.5. The third-order valence-corrected chi connectivity index (χ3v) is 3.39. The van der Waals surface area contributed by atoms with Gasteiger partial charge in [-0.25, -0.2) is 0 Å². The van der Waals surface area contributed by atoms with E-state index in [4.69, 9.17) is 5.11 Å². The number of benzene rings is 1. The van der Waals surface area contributed by atoms with Crippen molar-refractivity contribution in [2.24, 2.45) is 0 Å². The number of halogens is 3.